The number of aliphatic hydroxyl groups is 1. The highest BCUT2D eigenvalue weighted by Crippen LogP contribution is 2.63. The molecule has 0 aromatic rings. The molecule has 0 bridgehead atoms. The molecule has 0 amide bonds. The first-order valence-corrected chi connectivity index (χ1v) is 9.22. The number of aliphatic hydroxyl groups excluding tert-OH is 1. The van der Waals surface area contributed by atoms with Crippen LogP contribution in [0.2, 0.25) is 0 Å². The third-order valence-electron chi connectivity index (χ3n) is 6.87. The molecule has 1 heterocycles. The molecule has 142 valence electrons. The van der Waals surface area contributed by atoms with Crippen molar-refractivity contribution in [3.8, 4) is 0 Å². The van der Waals surface area contributed by atoms with E-state index < -0.39 is 22.9 Å². The summed E-state index contributed by atoms with van der Waals surface area (Å²) in [5.74, 6) is -0.991. The number of hydrogen-bond acceptors (Lipinski definition) is 5. The fourth-order valence-corrected chi connectivity index (χ4v) is 5.71. The summed E-state index contributed by atoms with van der Waals surface area (Å²) in [5, 5.41) is 11.0. The maximum absolute atomic E-state index is 11.5. The lowest BCUT2D eigenvalue weighted by molar-refractivity contribution is -0.218. The summed E-state index contributed by atoms with van der Waals surface area (Å²) >= 11 is 0. The van der Waals surface area contributed by atoms with Gasteiger partial charge in [0.2, 0.25) is 0 Å². The first kappa shape index (κ1) is 18.9. The van der Waals surface area contributed by atoms with E-state index in [1.807, 2.05) is 26.8 Å². The van der Waals surface area contributed by atoms with Gasteiger partial charge in [-0.15, -0.1) is 0 Å². The first-order chi connectivity index (χ1) is 11.3. The van der Waals surface area contributed by atoms with Gasteiger partial charge in [-0.3, -0.25) is 4.79 Å². The van der Waals surface area contributed by atoms with Crippen LogP contribution in [-0.2, 0) is 19.0 Å². The van der Waals surface area contributed by atoms with Crippen LogP contribution in [-0.4, -0.2) is 41.3 Å². The van der Waals surface area contributed by atoms with Crippen LogP contribution < -0.4 is 0 Å². The number of rotatable bonds is 2. The lowest BCUT2D eigenvalue weighted by Gasteiger charge is -2.61. The van der Waals surface area contributed by atoms with Gasteiger partial charge >= 0.3 is 5.97 Å². The summed E-state index contributed by atoms with van der Waals surface area (Å²) in [5.41, 5.74) is -1.17. The summed E-state index contributed by atoms with van der Waals surface area (Å²) in [4.78, 5) is 11.5. The Morgan fingerprint density at radius 3 is 2.48 bits per heavy atom. The fraction of sp³-hybridized carbons (Fsp3) is 0.850. The van der Waals surface area contributed by atoms with E-state index in [4.69, 9.17) is 14.2 Å². The van der Waals surface area contributed by atoms with Crippen LogP contribution >= 0.6 is 0 Å². The van der Waals surface area contributed by atoms with Crippen LogP contribution in [0.3, 0.4) is 0 Å². The van der Waals surface area contributed by atoms with Gasteiger partial charge in [-0.1, -0.05) is 32.9 Å². The molecule has 3 aliphatic rings. The summed E-state index contributed by atoms with van der Waals surface area (Å²) < 4.78 is 18.1. The van der Waals surface area contributed by atoms with E-state index in [1.54, 1.807) is 0 Å². The molecule has 0 spiro atoms. The van der Waals surface area contributed by atoms with Gasteiger partial charge in [0.05, 0.1) is 18.8 Å². The van der Waals surface area contributed by atoms with Crippen molar-refractivity contribution in [2.24, 2.45) is 22.7 Å². The second-order valence-electron chi connectivity index (χ2n) is 9.43. The molecule has 1 aliphatic heterocycles. The minimum atomic E-state index is -0.694. The molecule has 5 nitrogen and oxygen atoms in total. The van der Waals surface area contributed by atoms with E-state index >= 15 is 0 Å². The van der Waals surface area contributed by atoms with E-state index in [-0.39, 0.29) is 35.9 Å². The largest absolute Gasteiger partial charge is 0.465 e. The Hall–Kier alpha value is -0.910. The predicted molar refractivity (Wildman–Crippen MR) is 93.7 cm³/mol. The highest BCUT2D eigenvalue weighted by atomic mass is 16.8. The molecule has 0 aromatic carbocycles. The van der Waals surface area contributed by atoms with Crippen LogP contribution in [0.25, 0.3) is 0 Å². The van der Waals surface area contributed by atoms with Crippen molar-refractivity contribution in [1.29, 1.82) is 0 Å². The Morgan fingerprint density at radius 2 is 1.88 bits per heavy atom. The topological polar surface area (TPSA) is 65.0 Å². The van der Waals surface area contributed by atoms with Gasteiger partial charge in [0.25, 0.3) is 0 Å². The Morgan fingerprint density at radius 1 is 1.24 bits per heavy atom. The third kappa shape index (κ3) is 2.75. The van der Waals surface area contributed by atoms with Crippen molar-refractivity contribution < 1.29 is 24.1 Å². The molecule has 2 fully saturated rings. The van der Waals surface area contributed by atoms with Crippen molar-refractivity contribution in [3.05, 3.63) is 12.2 Å². The van der Waals surface area contributed by atoms with Gasteiger partial charge in [0, 0.05) is 18.3 Å². The van der Waals surface area contributed by atoms with Gasteiger partial charge in [-0.25, -0.2) is 0 Å². The van der Waals surface area contributed by atoms with Crippen molar-refractivity contribution in [2.45, 2.75) is 78.5 Å². The van der Waals surface area contributed by atoms with Crippen LogP contribution in [0.5, 0.6) is 0 Å². The van der Waals surface area contributed by atoms with Crippen LogP contribution in [0, 0.1) is 22.7 Å². The number of esters is 1. The average Bonchev–Trinajstić information content (AvgIpc) is 2.69. The van der Waals surface area contributed by atoms with Crippen molar-refractivity contribution >= 4 is 5.97 Å². The Balaban J connectivity index is 2.09. The molecule has 6 atom stereocenters. The van der Waals surface area contributed by atoms with E-state index in [0.717, 1.165) is 6.42 Å². The molecular formula is C20H32O5. The second-order valence-corrected chi connectivity index (χ2v) is 9.43. The zero-order chi connectivity index (χ0) is 18.8. The maximum Gasteiger partial charge on any atom is 0.302 e. The molecule has 25 heavy (non-hydrogen) atoms. The molecule has 2 aliphatic carbocycles. The maximum atomic E-state index is 11.5. The molecular weight excluding hydrogens is 320 g/mol. The minimum absolute atomic E-state index is 0.0835. The Bertz CT molecular complexity index is 595. The smallest absolute Gasteiger partial charge is 0.302 e. The number of fused-ring (bicyclic) bond motifs is 2. The van der Waals surface area contributed by atoms with Gasteiger partial charge < -0.3 is 19.3 Å². The molecule has 1 N–H and O–H groups in total. The van der Waals surface area contributed by atoms with E-state index in [9.17, 15) is 9.90 Å². The number of ether oxygens (including phenoxy) is 3. The number of allylic oxidation sites excluding steroid dienone is 1. The monoisotopic (exact) mass is 352 g/mol. The van der Waals surface area contributed by atoms with Crippen LogP contribution in [0.15, 0.2) is 12.2 Å². The zero-order valence-electron chi connectivity index (χ0n) is 16.5. The van der Waals surface area contributed by atoms with Crippen LogP contribution in [0.4, 0.5) is 0 Å². The molecule has 0 radical (unpaired) electrons. The van der Waals surface area contributed by atoms with E-state index in [2.05, 4.69) is 26.8 Å². The number of hydrogen-bond donors (Lipinski definition) is 1. The van der Waals surface area contributed by atoms with Gasteiger partial charge in [0.15, 0.2) is 5.79 Å². The van der Waals surface area contributed by atoms with Crippen molar-refractivity contribution in [2.75, 3.05) is 6.61 Å². The highest BCUT2D eigenvalue weighted by molar-refractivity contribution is 5.65. The highest BCUT2D eigenvalue weighted by Gasteiger charge is 2.68. The molecule has 1 saturated carbocycles. The Labute approximate surface area is 150 Å². The van der Waals surface area contributed by atoms with E-state index in [1.165, 1.54) is 6.92 Å². The summed E-state index contributed by atoms with van der Waals surface area (Å²) in [7, 11) is 0. The van der Waals surface area contributed by atoms with Gasteiger partial charge in [-0.05, 0) is 38.5 Å². The molecule has 3 rings (SSSR count). The fourth-order valence-electron chi connectivity index (χ4n) is 5.71. The summed E-state index contributed by atoms with van der Waals surface area (Å²) in [6.07, 6.45) is 4.09. The van der Waals surface area contributed by atoms with Crippen molar-refractivity contribution in [1.82, 2.24) is 0 Å². The lowest BCUT2D eigenvalue weighted by atomic mass is 9.46. The second kappa shape index (κ2) is 5.54. The standard InChI is InChI=1S/C20H32O5/c1-12(21)23-11-14-19(6)13(17(2,3)9-8-15(19)22)10-16-20(14,7)25-18(4,5)24-16/h8-9,13-16,22H,10-11H2,1-7H3/t13?,14-,15+,16-,19+,20+/m1/s1. The summed E-state index contributed by atoms with van der Waals surface area (Å²) in [6, 6.07) is 0. The predicted octanol–water partition coefficient (Wildman–Crippen LogP) is 3.06. The van der Waals surface area contributed by atoms with Gasteiger partial charge in [-0.2, -0.15) is 0 Å². The minimum Gasteiger partial charge on any atom is -0.465 e. The van der Waals surface area contributed by atoms with Crippen molar-refractivity contribution in [3.63, 3.8) is 0 Å². The third-order valence-corrected chi connectivity index (χ3v) is 6.87. The van der Waals surface area contributed by atoms with E-state index in [0.29, 0.717) is 0 Å². The zero-order valence-corrected chi connectivity index (χ0v) is 16.5. The normalized spacial score (nSPS) is 47.0. The van der Waals surface area contributed by atoms with Crippen LogP contribution in [0.1, 0.15) is 54.9 Å². The molecule has 1 saturated heterocycles. The first-order valence-electron chi connectivity index (χ1n) is 9.22. The lowest BCUT2D eigenvalue weighted by Crippen LogP contribution is -2.66. The number of carbonyl (C=O) groups is 1. The van der Waals surface area contributed by atoms with Gasteiger partial charge in [0.1, 0.15) is 5.60 Å². The quantitative estimate of drug-likeness (QED) is 0.611. The number of carbonyl (C=O) groups excluding carboxylic acids is 1. The average molecular weight is 352 g/mol. The Kier molecular flexibility index (Phi) is 4.18. The molecule has 1 unspecified atom stereocenters. The summed E-state index contributed by atoms with van der Waals surface area (Å²) in [6.45, 7) is 14.0. The molecule has 5 heteroatoms. The SMILES string of the molecule is CC(=O)OC[C@H]1[C@]2(C)OC(C)(C)O[C@@H]2CC2C(C)(C)C=C[C@H](O)[C@@]21C. The molecule has 0 aromatic heterocycles.